The Kier molecular flexibility index (Phi) is 5.16. The maximum atomic E-state index is 12.9. The molecule has 2 aromatic heterocycles. The fraction of sp³-hybridized carbons (Fsp3) is 0.444. The summed E-state index contributed by atoms with van der Waals surface area (Å²) in [4.78, 5) is 22.1. The second kappa shape index (κ2) is 7.32. The first-order valence-corrected chi connectivity index (χ1v) is 8.97. The van der Waals surface area contributed by atoms with Crippen LogP contribution in [0.2, 0.25) is 0 Å². The number of amides is 1. The highest BCUT2D eigenvalue weighted by Gasteiger charge is 2.31. The van der Waals surface area contributed by atoms with E-state index in [1.165, 1.54) is 11.3 Å². The van der Waals surface area contributed by atoms with Crippen LogP contribution in [0.4, 0.5) is 0 Å². The molecule has 1 amide bonds. The maximum absolute atomic E-state index is 12.9. The lowest BCUT2D eigenvalue weighted by atomic mass is 10.00. The number of nitrogens with zero attached hydrogens (tertiary/aromatic N) is 3. The van der Waals surface area contributed by atoms with E-state index in [0.717, 1.165) is 42.1 Å². The summed E-state index contributed by atoms with van der Waals surface area (Å²) in [6.07, 6.45) is 2.68. The van der Waals surface area contributed by atoms with E-state index >= 15 is 0 Å². The number of aromatic nitrogens is 1. The van der Waals surface area contributed by atoms with E-state index in [9.17, 15) is 4.79 Å². The molecular weight excluding hydrogens is 322 g/mol. The Morgan fingerprint density at radius 2 is 2.29 bits per heavy atom. The number of methoxy groups -OCH3 is 1. The van der Waals surface area contributed by atoms with Gasteiger partial charge in [-0.2, -0.15) is 0 Å². The van der Waals surface area contributed by atoms with Gasteiger partial charge >= 0.3 is 0 Å². The molecule has 0 radical (unpaired) electrons. The molecule has 0 N–H and O–H groups in total. The number of hydrogen-bond acceptors (Lipinski definition) is 5. The molecule has 0 spiro atoms. The van der Waals surface area contributed by atoms with Crippen molar-refractivity contribution in [1.82, 2.24) is 14.8 Å². The Bertz CT molecular complexity index is 714. The maximum Gasteiger partial charge on any atom is 0.264 e. The molecule has 5 nitrogen and oxygen atoms in total. The summed E-state index contributed by atoms with van der Waals surface area (Å²) in [7, 11) is 5.68. The summed E-state index contributed by atoms with van der Waals surface area (Å²) in [5.41, 5.74) is 2.20. The fourth-order valence-electron chi connectivity index (χ4n) is 3.22. The van der Waals surface area contributed by atoms with E-state index < -0.39 is 0 Å². The summed E-state index contributed by atoms with van der Waals surface area (Å²) in [6.45, 7) is 2.29. The normalized spacial score (nSPS) is 17.5. The van der Waals surface area contributed by atoms with Crippen molar-refractivity contribution in [3.05, 3.63) is 45.8 Å². The van der Waals surface area contributed by atoms with Crippen LogP contribution < -0.4 is 4.74 Å². The van der Waals surface area contributed by atoms with Gasteiger partial charge in [0.25, 0.3) is 5.91 Å². The van der Waals surface area contributed by atoms with Crippen molar-refractivity contribution in [3.63, 3.8) is 0 Å². The van der Waals surface area contributed by atoms with Crippen LogP contribution in [0.1, 0.15) is 33.1 Å². The zero-order valence-electron chi connectivity index (χ0n) is 14.4. The number of ether oxygens (including phenoxy) is 1. The third kappa shape index (κ3) is 3.44. The van der Waals surface area contributed by atoms with E-state index in [-0.39, 0.29) is 11.8 Å². The van der Waals surface area contributed by atoms with Gasteiger partial charge in [-0.05, 0) is 43.6 Å². The monoisotopic (exact) mass is 345 g/mol. The van der Waals surface area contributed by atoms with Crippen LogP contribution in [0.15, 0.2) is 29.8 Å². The minimum Gasteiger partial charge on any atom is -0.481 e. The lowest BCUT2D eigenvalue weighted by Gasteiger charge is -2.18. The van der Waals surface area contributed by atoms with Crippen LogP contribution in [0.3, 0.4) is 0 Å². The molecular formula is C18H23N3O2S. The van der Waals surface area contributed by atoms with Gasteiger partial charge in [-0.3, -0.25) is 4.79 Å². The van der Waals surface area contributed by atoms with Crippen molar-refractivity contribution in [3.8, 4) is 5.88 Å². The van der Waals surface area contributed by atoms with Gasteiger partial charge in [0.05, 0.1) is 12.0 Å². The molecule has 6 heteroatoms. The van der Waals surface area contributed by atoms with Gasteiger partial charge in [0.15, 0.2) is 0 Å². The van der Waals surface area contributed by atoms with Crippen LogP contribution in [-0.2, 0) is 6.54 Å². The van der Waals surface area contributed by atoms with Crippen LogP contribution in [-0.4, -0.2) is 55.0 Å². The third-order valence-electron chi connectivity index (χ3n) is 4.34. The molecule has 0 aromatic carbocycles. The number of carbonyl (C=O) groups is 1. The summed E-state index contributed by atoms with van der Waals surface area (Å²) in [5, 5.41) is 2.00. The van der Waals surface area contributed by atoms with Gasteiger partial charge in [0, 0.05) is 37.3 Å². The highest BCUT2D eigenvalue weighted by atomic mass is 32.1. The van der Waals surface area contributed by atoms with Crippen molar-refractivity contribution in [2.24, 2.45) is 0 Å². The summed E-state index contributed by atoms with van der Waals surface area (Å²) < 4.78 is 5.37. The fourth-order valence-corrected chi connectivity index (χ4v) is 4.10. The number of rotatable bonds is 5. The van der Waals surface area contributed by atoms with Crippen LogP contribution >= 0.6 is 11.3 Å². The molecule has 2 aromatic rings. The largest absolute Gasteiger partial charge is 0.481 e. The lowest BCUT2D eigenvalue weighted by molar-refractivity contribution is 0.0794. The highest BCUT2D eigenvalue weighted by molar-refractivity contribution is 7.12. The molecule has 1 saturated heterocycles. The molecule has 1 aliphatic rings. The minimum absolute atomic E-state index is 0.146. The van der Waals surface area contributed by atoms with Crippen LogP contribution in [0, 0.1) is 0 Å². The molecule has 0 unspecified atom stereocenters. The average molecular weight is 345 g/mol. The molecule has 24 heavy (non-hydrogen) atoms. The summed E-state index contributed by atoms with van der Waals surface area (Å²) in [6, 6.07) is 6.03. The number of pyridine rings is 1. The number of carbonyl (C=O) groups excluding carboxylic acids is 1. The smallest absolute Gasteiger partial charge is 0.264 e. The Hall–Kier alpha value is -1.92. The van der Waals surface area contributed by atoms with Crippen molar-refractivity contribution in [2.45, 2.75) is 18.9 Å². The second-order valence-electron chi connectivity index (χ2n) is 6.35. The quantitative estimate of drug-likeness (QED) is 0.836. The molecule has 1 fully saturated rings. The summed E-state index contributed by atoms with van der Waals surface area (Å²) in [5.74, 6) is 1.10. The molecule has 128 valence electrons. The standard InChI is InChI=1S/C18H23N3O2S/c1-20(2)11-14-7-10-24-16(14)18(22)21-9-6-13(12-21)15-5-4-8-19-17(15)23-3/h4-5,7-8,10,13H,6,9,11-12H2,1-3H3/t13-/m0/s1. The lowest BCUT2D eigenvalue weighted by Crippen LogP contribution is -2.29. The van der Waals surface area contributed by atoms with Crippen molar-refractivity contribution < 1.29 is 9.53 Å². The van der Waals surface area contributed by atoms with E-state index in [1.54, 1.807) is 13.3 Å². The van der Waals surface area contributed by atoms with Crippen molar-refractivity contribution >= 4 is 17.2 Å². The van der Waals surface area contributed by atoms with Crippen LogP contribution in [0.5, 0.6) is 5.88 Å². The van der Waals surface area contributed by atoms with E-state index in [0.29, 0.717) is 5.88 Å². The first-order valence-electron chi connectivity index (χ1n) is 8.09. The molecule has 1 aliphatic heterocycles. The molecule has 3 rings (SSSR count). The van der Waals surface area contributed by atoms with E-state index in [4.69, 9.17) is 4.74 Å². The molecule has 3 heterocycles. The Morgan fingerprint density at radius 3 is 3.04 bits per heavy atom. The number of thiophene rings is 1. The Morgan fingerprint density at radius 1 is 1.46 bits per heavy atom. The summed E-state index contributed by atoms with van der Waals surface area (Å²) >= 11 is 1.54. The molecule has 0 saturated carbocycles. The molecule has 1 atom stereocenters. The highest BCUT2D eigenvalue weighted by Crippen LogP contribution is 2.33. The zero-order valence-corrected chi connectivity index (χ0v) is 15.2. The van der Waals surface area contributed by atoms with E-state index in [1.807, 2.05) is 36.5 Å². The third-order valence-corrected chi connectivity index (χ3v) is 5.28. The number of hydrogen-bond donors (Lipinski definition) is 0. The molecule has 0 aliphatic carbocycles. The zero-order chi connectivity index (χ0) is 17.1. The predicted octanol–water partition coefficient (Wildman–Crippen LogP) is 2.84. The Balaban J connectivity index is 1.74. The SMILES string of the molecule is COc1ncccc1[C@H]1CCN(C(=O)c2sccc2CN(C)C)C1. The second-order valence-corrected chi connectivity index (χ2v) is 7.27. The van der Waals surface area contributed by atoms with Gasteiger partial charge < -0.3 is 14.5 Å². The van der Waals surface area contributed by atoms with Gasteiger partial charge in [-0.15, -0.1) is 11.3 Å². The van der Waals surface area contributed by atoms with Gasteiger partial charge in [0.1, 0.15) is 0 Å². The van der Waals surface area contributed by atoms with Crippen LogP contribution in [0.25, 0.3) is 0 Å². The van der Waals surface area contributed by atoms with Crippen molar-refractivity contribution in [2.75, 3.05) is 34.3 Å². The van der Waals surface area contributed by atoms with Gasteiger partial charge in [0.2, 0.25) is 5.88 Å². The first-order chi connectivity index (χ1) is 11.6. The minimum atomic E-state index is 0.146. The first kappa shape index (κ1) is 16.9. The predicted molar refractivity (Wildman–Crippen MR) is 95.8 cm³/mol. The number of likely N-dealkylation sites (tertiary alicyclic amines) is 1. The average Bonchev–Trinajstić information content (AvgIpc) is 3.23. The van der Waals surface area contributed by atoms with Crippen molar-refractivity contribution in [1.29, 1.82) is 0 Å². The van der Waals surface area contributed by atoms with Gasteiger partial charge in [-0.25, -0.2) is 4.98 Å². The Labute approximate surface area is 146 Å². The molecule has 0 bridgehead atoms. The topological polar surface area (TPSA) is 45.7 Å². The van der Waals surface area contributed by atoms with E-state index in [2.05, 4.69) is 16.0 Å². The van der Waals surface area contributed by atoms with Gasteiger partial charge in [-0.1, -0.05) is 6.07 Å².